The van der Waals surface area contributed by atoms with Crippen LogP contribution in [-0.2, 0) is 19.6 Å². The number of anilines is 1. The molecule has 0 saturated carbocycles. The predicted molar refractivity (Wildman–Crippen MR) is 108 cm³/mol. The number of carbonyl (C=O) groups is 1. The number of carbonyl (C=O) groups excluding carboxylic acids is 1. The fourth-order valence-electron chi connectivity index (χ4n) is 2.69. The lowest BCUT2D eigenvalue weighted by Gasteiger charge is -2.10. The lowest BCUT2D eigenvalue weighted by atomic mass is 10.2. The van der Waals surface area contributed by atoms with Crippen LogP contribution in [0.5, 0.6) is 0 Å². The number of sulfonamides is 1. The van der Waals surface area contributed by atoms with Crippen molar-refractivity contribution in [2.45, 2.75) is 43.4 Å². The zero-order valence-electron chi connectivity index (χ0n) is 15.7. The van der Waals surface area contributed by atoms with Crippen LogP contribution in [0.3, 0.4) is 0 Å². The maximum atomic E-state index is 12.4. The Hall–Kier alpha value is -2.01. The Bertz CT molecular complexity index is 956. The molecule has 28 heavy (non-hydrogen) atoms. The molecule has 2 N–H and O–H groups in total. The van der Waals surface area contributed by atoms with Gasteiger partial charge in [-0.05, 0) is 44.1 Å². The lowest BCUT2D eigenvalue weighted by Crippen LogP contribution is -2.31. The van der Waals surface area contributed by atoms with Crippen LogP contribution < -0.4 is 10.0 Å². The van der Waals surface area contributed by atoms with Crippen LogP contribution in [0.15, 0.2) is 20.9 Å². The minimum absolute atomic E-state index is 0.0550. The summed E-state index contributed by atoms with van der Waals surface area (Å²) >= 11 is 1.15. The van der Waals surface area contributed by atoms with Crippen LogP contribution in [0, 0.1) is 6.92 Å². The average molecular weight is 426 g/mol. The molecule has 3 heterocycles. The number of hydrogen-bond acceptors (Lipinski definition) is 7. The summed E-state index contributed by atoms with van der Waals surface area (Å²) < 4.78 is 38.4. The maximum Gasteiger partial charge on any atom is 0.250 e. The van der Waals surface area contributed by atoms with Gasteiger partial charge in [-0.25, -0.2) is 13.1 Å². The zero-order chi connectivity index (χ0) is 20.1. The van der Waals surface area contributed by atoms with Crippen molar-refractivity contribution < 1.29 is 22.5 Å². The fourth-order valence-corrected chi connectivity index (χ4v) is 5.03. The van der Waals surface area contributed by atoms with Crippen LogP contribution in [0.4, 0.5) is 5.69 Å². The molecule has 2 aromatic rings. The second-order valence-electron chi connectivity index (χ2n) is 6.39. The molecular weight excluding hydrogens is 402 g/mol. The summed E-state index contributed by atoms with van der Waals surface area (Å²) in [7, 11) is -3.57. The van der Waals surface area contributed by atoms with E-state index < -0.39 is 10.0 Å². The largest absolute Gasteiger partial charge is 0.377 e. The monoisotopic (exact) mass is 425 g/mol. The Morgan fingerprint density at radius 1 is 1.39 bits per heavy atom. The molecule has 0 unspecified atom stereocenters. The first-order valence-corrected chi connectivity index (χ1v) is 11.3. The van der Waals surface area contributed by atoms with Gasteiger partial charge in [-0.15, -0.1) is 11.3 Å². The molecule has 1 fully saturated rings. The summed E-state index contributed by atoms with van der Waals surface area (Å²) in [5, 5.41) is 6.62. The summed E-state index contributed by atoms with van der Waals surface area (Å²) in [5.41, 5.74) is 1.10. The van der Waals surface area contributed by atoms with Crippen LogP contribution in [0.25, 0.3) is 12.2 Å². The number of ether oxygens (including phenoxy) is 1. The maximum absolute atomic E-state index is 12.4. The van der Waals surface area contributed by atoms with Crippen molar-refractivity contribution in [3.8, 4) is 0 Å². The minimum Gasteiger partial charge on any atom is -0.377 e. The Kier molecular flexibility index (Phi) is 6.65. The fraction of sp³-hybridized carbons (Fsp3) is 0.444. The van der Waals surface area contributed by atoms with Crippen LogP contribution in [-0.4, -0.2) is 38.7 Å². The molecule has 0 spiro atoms. The van der Waals surface area contributed by atoms with Crippen molar-refractivity contribution in [1.82, 2.24) is 9.88 Å². The molecule has 1 aliphatic rings. The molecule has 3 rings (SSSR count). The molecule has 152 valence electrons. The van der Waals surface area contributed by atoms with Gasteiger partial charge in [0, 0.05) is 24.4 Å². The molecule has 0 aliphatic carbocycles. The first-order chi connectivity index (χ1) is 13.4. The molecule has 1 aliphatic heterocycles. The first kappa shape index (κ1) is 20.7. The molecular formula is C18H23N3O5S2. The van der Waals surface area contributed by atoms with Crippen molar-refractivity contribution in [3.05, 3.63) is 28.5 Å². The highest BCUT2D eigenvalue weighted by molar-refractivity contribution is 7.91. The number of hydrogen-bond donors (Lipinski definition) is 2. The summed E-state index contributed by atoms with van der Waals surface area (Å²) in [6, 6.07) is 3.28. The highest BCUT2D eigenvalue weighted by Crippen LogP contribution is 2.26. The Labute approximate surface area is 168 Å². The number of thiophene rings is 1. The van der Waals surface area contributed by atoms with Gasteiger partial charge < -0.3 is 14.6 Å². The van der Waals surface area contributed by atoms with Gasteiger partial charge in [0.1, 0.15) is 15.6 Å². The first-order valence-electron chi connectivity index (χ1n) is 9.04. The van der Waals surface area contributed by atoms with Gasteiger partial charge in [0.05, 0.1) is 6.10 Å². The Morgan fingerprint density at radius 2 is 2.21 bits per heavy atom. The molecule has 0 bridgehead atoms. The van der Waals surface area contributed by atoms with Crippen LogP contribution in [0.1, 0.15) is 42.5 Å². The number of rotatable bonds is 8. The molecule has 2 aromatic heterocycles. The van der Waals surface area contributed by atoms with Crippen LogP contribution >= 0.6 is 11.3 Å². The minimum atomic E-state index is -3.57. The number of nitrogens with zero attached hydrogens (tertiary/aromatic N) is 1. The zero-order valence-corrected chi connectivity index (χ0v) is 17.4. The summed E-state index contributed by atoms with van der Waals surface area (Å²) in [6.07, 6.45) is 5.51. The molecule has 8 nitrogen and oxygen atoms in total. The van der Waals surface area contributed by atoms with Gasteiger partial charge in [0.15, 0.2) is 5.76 Å². The standard InChI is InChI=1S/C18H23N3O5S2/c1-3-16(22)20-18-12(2)21-26-15(18)8-6-14-7-9-17(27-14)28(23,24)19-11-13-5-4-10-25-13/h6-9,13,19H,3-5,10-11H2,1-2H3,(H,20,22)/b8-6+/t13-/m1/s1. The second kappa shape index (κ2) is 8.99. The van der Waals surface area contributed by atoms with E-state index in [1.165, 1.54) is 0 Å². The smallest absolute Gasteiger partial charge is 0.250 e. The van der Waals surface area contributed by atoms with Gasteiger partial charge in [0.2, 0.25) is 15.9 Å². The van der Waals surface area contributed by atoms with Crippen LogP contribution in [0.2, 0.25) is 0 Å². The van der Waals surface area contributed by atoms with Gasteiger partial charge >= 0.3 is 0 Å². The van der Waals surface area contributed by atoms with Crippen molar-refractivity contribution >= 4 is 45.1 Å². The molecule has 1 amide bonds. The number of nitrogens with one attached hydrogen (secondary N) is 2. The molecule has 1 atom stereocenters. The highest BCUT2D eigenvalue weighted by Gasteiger charge is 2.21. The van der Waals surface area contributed by atoms with Gasteiger partial charge in [0.25, 0.3) is 0 Å². The van der Waals surface area contributed by atoms with E-state index in [9.17, 15) is 13.2 Å². The third-order valence-corrected chi connectivity index (χ3v) is 7.23. The number of amides is 1. The third-order valence-electron chi connectivity index (χ3n) is 4.27. The lowest BCUT2D eigenvalue weighted by molar-refractivity contribution is -0.115. The predicted octanol–water partition coefficient (Wildman–Crippen LogP) is 3.02. The van der Waals surface area contributed by atoms with Gasteiger partial charge in [-0.2, -0.15) is 0 Å². The van der Waals surface area contributed by atoms with E-state index >= 15 is 0 Å². The van der Waals surface area contributed by atoms with Crippen molar-refractivity contribution in [2.75, 3.05) is 18.5 Å². The van der Waals surface area contributed by atoms with E-state index in [0.717, 1.165) is 29.1 Å². The Balaban J connectivity index is 1.68. The Morgan fingerprint density at radius 3 is 2.93 bits per heavy atom. The number of aryl methyl sites for hydroxylation is 1. The topological polar surface area (TPSA) is 111 Å². The van der Waals surface area contributed by atoms with E-state index in [-0.39, 0.29) is 22.8 Å². The normalized spacial score (nSPS) is 17.4. The highest BCUT2D eigenvalue weighted by atomic mass is 32.2. The summed E-state index contributed by atoms with van der Waals surface area (Å²) in [5.74, 6) is 0.274. The van der Waals surface area contributed by atoms with E-state index in [2.05, 4.69) is 15.2 Å². The SMILES string of the molecule is CCC(=O)Nc1c(C)noc1/C=C/c1ccc(S(=O)(=O)NC[C@H]2CCCO2)s1. The summed E-state index contributed by atoms with van der Waals surface area (Å²) in [4.78, 5) is 12.4. The third kappa shape index (κ3) is 5.07. The number of aromatic nitrogens is 1. The van der Waals surface area contributed by atoms with Gasteiger partial charge in [-0.3, -0.25) is 4.79 Å². The molecule has 10 heteroatoms. The van der Waals surface area contributed by atoms with Crippen molar-refractivity contribution in [2.24, 2.45) is 0 Å². The van der Waals surface area contributed by atoms with Crippen molar-refractivity contribution in [3.63, 3.8) is 0 Å². The van der Waals surface area contributed by atoms with Crippen molar-refractivity contribution in [1.29, 1.82) is 0 Å². The van der Waals surface area contributed by atoms with E-state index in [1.807, 2.05) is 0 Å². The van der Waals surface area contributed by atoms with E-state index in [4.69, 9.17) is 9.26 Å². The molecule has 0 aromatic carbocycles. The average Bonchev–Trinajstić information content (AvgIpc) is 3.41. The quantitative estimate of drug-likeness (QED) is 0.673. The molecule has 1 saturated heterocycles. The molecule has 0 radical (unpaired) electrons. The van der Waals surface area contributed by atoms with Gasteiger partial charge in [-0.1, -0.05) is 12.1 Å². The second-order valence-corrected chi connectivity index (χ2v) is 9.50. The van der Waals surface area contributed by atoms with E-state index in [1.54, 1.807) is 38.1 Å². The summed E-state index contributed by atoms with van der Waals surface area (Å²) in [6.45, 7) is 4.46. The van der Waals surface area contributed by atoms with E-state index in [0.29, 0.717) is 30.2 Å².